The Labute approximate surface area is 105 Å². The summed E-state index contributed by atoms with van der Waals surface area (Å²) in [4.78, 5) is 2.55. The zero-order chi connectivity index (χ0) is 12.5. The topological polar surface area (TPSA) is 29.3 Å². The summed E-state index contributed by atoms with van der Waals surface area (Å²) in [7, 11) is 0. The zero-order valence-electron chi connectivity index (χ0n) is 11.3. The van der Waals surface area contributed by atoms with E-state index in [0.29, 0.717) is 5.54 Å². The second-order valence-electron chi connectivity index (χ2n) is 5.74. The van der Waals surface area contributed by atoms with Crippen molar-refractivity contribution in [2.45, 2.75) is 45.6 Å². The number of benzene rings is 1. The van der Waals surface area contributed by atoms with Crippen molar-refractivity contribution in [3.63, 3.8) is 0 Å². The molecule has 2 heteroatoms. The minimum Gasteiger partial charge on any atom is -0.366 e. The quantitative estimate of drug-likeness (QED) is 0.868. The molecule has 0 atom stereocenters. The van der Waals surface area contributed by atoms with E-state index in [1.54, 1.807) is 0 Å². The van der Waals surface area contributed by atoms with Crippen molar-refractivity contribution < 1.29 is 0 Å². The van der Waals surface area contributed by atoms with E-state index in [-0.39, 0.29) is 0 Å². The fourth-order valence-electron chi connectivity index (χ4n) is 2.89. The first-order valence-corrected chi connectivity index (χ1v) is 6.62. The van der Waals surface area contributed by atoms with Crippen LogP contribution in [0.25, 0.3) is 0 Å². The number of aryl methyl sites for hydroxylation is 1. The van der Waals surface area contributed by atoms with Crippen LogP contribution in [-0.4, -0.2) is 18.6 Å². The Kier molecular flexibility index (Phi) is 3.43. The number of hydrogen-bond donors (Lipinski definition) is 1. The largest absolute Gasteiger partial charge is 0.366 e. The molecule has 0 aromatic heterocycles. The van der Waals surface area contributed by atoms with Crippen molar-refractivity contribution >= 4 is 5.69 Å². The summed E-state index contributed by atoms with van der Waals surface area (Å²) in [6.45, 7) is 8.73. The Balaban J connectivity index is 2.37. The van der Waals surface area contributed by atoms with E-state index in [1.807, 2.05) is 0 Å². The third-order valence-electron chi connectivity index (χ3n) is 3.84. The lowest BCUT2D eigenvalue weighted by Gasteiger charge is -2.35. The van der Waals surface area contributed by atoms with Gasteiger partial charge in [0.05, 0.1) is 0 Å². The van der Waals surface area contributed by atoms with Crippen molar-refractivity contribution in [1.29, 1.82) is 0 Å². The monoisotopic (exact) mass is 232 g/mol. The average molecular weight is 232 g/mol. The van der Waals surface area contributed by atoms with E-state index >= 15 is 0 Å². The van der Waals surface area contributed by atoms with Crippen LogP contribution in [0.4, 0.5) is 5.69 Å². The minimum atomic E-state index is 0.290. The highest BCUT2D eigenvalue weighted by molar-refractivity contribution is 5.57. The van der Waals surface area contributed by atoms with Gasteiger partial charge in [-0.05, 0) is 58.2 Å². The Morgan fingerprint density at radius 1 is 1.35 bits per heavy atom. The predicted molar refractivity (Wildman–Crippen MR) is 74.6 cm³/mol. The predicted octanol–water partition coefficient (Wildman–Crippen LogP) is 2.88. The van der Waals surface area contributed by atoms with Crippen LogP contribution in [-0.2, 0) is 6.42 Å². The zero-order valence-corrected chi connectivity index (χ0v) is 11.3. The Morgan fingerprint density at radius 3 is 2.71 bits per heavy atom. The highest BCUT2D eigenvalue weighted by atomic mass is 15.2. The molecule has 1 aliphatic heterocycles. The van der Waals surface area contributed by atoms with Crippen LogP contribution >= 0.6 is 0 Å². The first kappa shape index (κ1) is 12.4. The van der Waals surface area contributed by atoms with Gasteiger partial charge in [-0.2, -0.15) is 0 Å². The molecule has 2 nitrogen and oxygen atoms in total. The van der Waals surface area contributed by atoms with Crippen molar-refractivity contribution in [1.82, 2.24) is 0 Å². The maximum absolute atomic E-state index is 5.73. The highest BCUT2D eigenvalue weighted by Gasteiger charge is 2.32. The second kappa shape index (κ2) is 4.69. The summed E-state index contributed by atoms with van der Waals surface area (Å²) in [6.07, 6.45) is 3.55. The van der Waals surface area contributed by atoms with Crippen LogP contribution in [0, 0.1) is 6.92 Å². The molecular weight excluding hydrogens is 208 g/mol. The van der Waals surface area contributed by atoms with Crippen LogP contribution in [0.1, 0.15) is 37.8 Å². The van der Waals surface area contributed by atoms with E-state index in [1.165, 1.54) is 36.2 Å². The maximum Gasteiger partial charge on any atom is 0.0403 e. The summed E-state index contributed by atoms with van der Waals surface area (Å²) in [6, 6.07) is 6.77. The molecule has 1 aliphatic rings. The SMILES string of the molecule is Cc1ccc(N2CCCC2(C)C)c(CCN)c1. The van der Waals surface area contributed by atoms with Crippen molar-refractivity contribution in [2.75, 3.05) is 18.0 Å². The van der Waals surface area contributed by atoms with Crippen molar-refractivity contribution in [3.05, 3.63) is 29.3 Å². The van der Waals surface area contributed by atoms with Crippen LogP contribution in [0.5, 0.6) is 0 Å². The fourth-order valence-corrected chi connectivity index (χ4v) is 2.89. The molecule has 0 aliphatic carbocycles. The lowest BCUT2D eigenvalue weighted by molar-refractivity contribution is 0.517. The molecule has 1 aromatic carbocycles. The van der Waals surface area contributed by atoms with Crippen molar-refractivity contribution in [2.24, 2.45) is 5.73 Å². The number of nitrogens with two attached hydrogens (primary N) is 1. The fraction of sp³-hybridized carbons (Fsp3) is 0.600. The first-order valence-electron chi connectivity index (χ1n) is 6.62. The molecule has 0 radical (unpaired) electrons. The van der Waals surface area contributed by atoms with Gasteiger partial charge < -0.3 is 10.6 Å². The second-order valence-corrected chi connectivity index (χ2v) is 5.74. The Hall–Kier alpha value is -1.02. The molecule has 2 rings (SSSR count). The molecule has 0 saturated carbocycles. The molecule has 0 spiro atoms. The van der Waals surface area contributed by atoms with Crippen molar-refractivity contribution in [3.8, 4) is 0 Å². The van der Waals surface area contributed by atoms with Gasteiger partial charge in [0, 0.05) is 17.8 Å². The van der Waals surface area contributed by atoms with Crippen LogP contribution in [0.15, 0.2) is 18.2 Å². The summed E-state index contributed by atoms with van der Waals surface area (Å²) in [5, 5.41) is 0. The van der Waals surface area contributed by atoms with E-state index in [4.69, 9.17) is 5.73 Å². The van der Waals surface area contributed by atoms with Gasteiger partial charge >= 0.3 is 0 Å². The molecule has 0 unspecified atom stereocenters. The molecule has 0 amide bonds. The summed E-state index contributed by atoms with van der Waals surface area (Å²) < 4.78 is 0. The molecular formula is C15H24N2. The molecule has 1 aromatic rings. The lowest BCUT2D eigenvalue weighted by Crippen LogP contribution is -2.38. The molecule has 1 saturated heterocycles. The Bertz CT molecular complexity index is 396. The smallest absolute Gasteiger partial charge is 0.0403 e. The van der Waals surface area contributed by atoms with Gasteiger partial charge in [-0.3, -0.25) is 0 Å². The van der Waals surface area contributed by atoms with Gasteiger partial charge in [0.1, 0.15) is 0 Å². The lowest BCUT2D eigenvalue weighted by atomic mass is 9.99. The molecule has 17 heavy (non-hydrogen) atoms. The number of nitrogens with zero attached hydrogens (tertiary/aromatic N) is 1. The minimum absolute atomic E-state index is 0.290. The maximum atomic E-state index is 5.73. The van der Waals surface area contributed by atoms with Gasteiger partial charge in [-0.15, -0.1) is 0 Å². The van der Waals surface area contributed by atoms with E-state index in [2.05, 4.69) is 43.9 Å². The summed E-state index contributed by atoms with van der Waals surface area (Å²) >= 11 is 0. The number of rotatable bonds is 3. The molecule has 1 fully saturated rings. The van der Waals surface area contributed by atoms with Gasteiger partial charge in [0.25, 0.3) is 0 Å². The van der Waals surface area contributed by atoms with E-state index in [0.717, 1.165) is 13.0 Å². The van der Waals surface area contributed by atoms with Gasteiger partial charge in [-0.1, -0.05) is 17.7 Å². The molecule has 1 heterocycles. The van der Waals surface area contributed by atoms with E-state index in [9.17, 15) is 0 Å². The molecule has 2 N–H and O–H groups in total. The summed E-state index contributed by atoms with van der Waals surface area (Å²) in [5.41, 5.74) is 10.1. The Morgan fingerprint density at radius 2 is 2.12 bits per heavy atom. The van der Waals surface area contributed by atoms with Gasteiger partial charge in [0.15, 0.2) is 0 Å². The van der Waals surface area contributed by atoms with Gasteiger partial charge in [0.2, 0.25) is 0 Å². The summed E-state index contributed by atoms with van der Waals surface area (Å²) in [5.74, 6) is 0. The molecule has 94 valence electrons. The number of anilines is 1. The normalized spacial score (nSPS) is 18.7. The third kappa shape index (κ3) is 2.47. The third-order valence-corrected chi connectivity index (χ3v) is 3.84. The van der Waals surface area contributed by atoms with Crippen LogP contribution in [0.2, 0.25) is 0 Å². The highest BCUT2D eigenvalue weighted by Crippen LogP contribution is 2.35. The van der Waals surface area contributed by atoms with Crippen LogP contribution in [0.3, 0.4) is 0 Å². The standard InChI is InChI=1S/C15H24N2/c1-12-5-6-14(13(11-12)7-9-16)17-10-4-8-15(17,2)3/h5-6,11H,4,7-10,16H2,1-3H3. The number of hydrogen-bond acceptors (Lipinski definition) is 2. The van der Waals surface area contributed by atoms with Crippen LogP contribution < -0.4 is 10.6 Å². The first-order chi connectivity index (χ1) is 8.04. The van der Waals surface area contributed by atoms with E-state index < -0.39 is 0 Å². The average Bonchev–Trinajstić information content (AvgIpc) is 2.59. The van der Waals surface area contributed by atoms with Gasteiger partial charge in [-0.25, -0.2) is 0 Å². The molecule has 0 bridgehead atoms.